The standard InChI is InChI=1S/C25H23N3O5S2/c1-16-4-5-19(14-17(16)2)23(29)15-34-25-27-26-24(33-25)18-6-8-20(9-7-18)28-35(30,31)22-12-10-21(32-3)11-13-22/h4-14,28H,15H2,1-3H3. The third-order valence-corrected chi connectivity index (χ3v) is 7.53. The third-order valence-electron chi connectivity index (χ3n) is 5.32. The highest BCUT2D eigenvalue weighted by Crippen LogP contribution is 2.26. The summed E-state index contributed by atoms with van der Waals surface area (Å²) in [6.45, 7) is 3.97. The zero-order valence-corrected chi connectivity index (χ0v) is 20.9. The second-order valence-corrected chi connectivity index (χ2v) is 10.4. The first-order valence-electron chi connectivity index (χ1n) is 10.6. The number of carbonyl (C=O) groups excluding carboxylic acids is 1. The van der Waals surface area contributed by atoms with Crippen LogP contribution >= 0.6 is 11.8 Å². The molecule has 1 heterocycles. The molecule has 1 N–H and O–H groups in total. The maximum Gasteiger partial charge on any atom is 0.277 e. The Morgan fingerprint density at radius 3 is 2.34 bits per heavy atom. The lowest BCUT2D eigenvalue weighted by molar-refractivity contribution is 0.102. The molecule has 8 nitrogen and oxygen atoms in total. The van der Waals surface area contributed by atoms with Gasteiger partial charge in [0.15, 0.2) is 5.78 Å². The van der Waals surface area contributed by atoms with Gasteiger partial charge in [-0.1, -0.05) is 23.9 Å². The number of rotatable bonds is 9. The van der Waals surface area contributed by atoms with E-state index in [-0.39, 0.29) is 27.5 Å². The number of thioether (sulfide) groups is 1. The highest BCUT2D eigenvalue weighted by Gasteiger charge is 2.16. The average Bonchev–Trinajstić information content (AvgIpc) is 3.33. The SMILES string of the molecule is COc1ccc(S(=O)(=O)Nc2ccc(-c3nnc(SCC(=O)c4ccc(C)c(C)c4)o3)cc2)cc1. The van der Waals surface area contributed by atoms with Gasteiger partial charge in [-0.3, -0.25) is 9.52 Å². The van der Waals surface area contributed by atoms with Crippen molar-refractivity contribution in [2.24, 2.45) is 0 Å². The molecule has 0 aliphatic carbocycles. The number of nitrogens with zero attached hydrogens (tertiary/aromatic N) is 2. The molecule has 4 aromatic rings. The number of benzene rings is 3. The Hall–Kier alpha value is -3.63. The largest absolute Gasteiger partial charge is 0.497 e. The van der Waals surface area contributed by atoms with Gasteiger partial charge in [-0.05, 0) is 79.6 Å². The van der Waals surface area contributed by atoms with Gasteiger partial charge in [-0.15, -0.1) is 10.2 Å². The Morgan fingerprint density at radius 2 is 1.69 bits per heavy atom. The van der Waals surface area contributed by atoms with Crippen molar-refractivity contribution in [1.29, 1.82) is 0 Å². The predicted octanol–water partition coefficient (Wildman–Crippen LogP) is 5.14. The summed E-state index contributed by atoms with van der Waals surface area (Å²) in [5.74, 6) is 0.998. The van der Waals surface area contributed by atoms with E-state index in [4.69, 9.17) is 9.15 Å². The molecule has 10 heteroatoms. The van der Waals surface area contributed by atoms with Crippen molar-refractivity contribution in [1.82, 2.24) is 10.2 Å². The number of methoxy groups -OCH3 is 1. The van der Waals surface area contributed by atoms with Crippen LogP contribution in [0.3, 0.4) is 0 Å². The molecule has 3 aromatic carbocycles. The fraction of sp³-hybridized carbons (Fsp3) is 0.160. The first-order valence-corrected chi connectivity index (χ1v) is 13.1. The van der Waals surface area contributed by atoms with E-state index in [0.29, 0.717) is 22.6 Å². The minimum atomic E-state index is -3.75. The lowest BCUT2D eigenvalue weighted by Gasteiger charge is -2.09. The van der Waals surface area contributed by atoms with Crippen LogP contribution in [0.2, 0.25) is 0 Å². The number of nitrogens with one attached hydrogen (secondary N) is 1. The fourth-order valence-corrected chi connectivity index (χ4v) is 4.88. The van der Waals surface area contributed by atoms with Gasteiger partial charge in [0.25, 0.3) is 15.2 Å². The second-order valence-electron chi connectivity index (χ2n) is 7.74. The molecule has 0 saturated heterocycles. The number of ether oxygens (including phenoxy) is 1. The number of sulfonamides is 1. The number of anilines is 1. The summed E-state index contributed by atoms with van der Waals surface area (Å²) in [5.41, 5.74) is 3.86. The number of Topliss-reactive ketones (excluding diaryl/α,β-unsaturated/α-hetero) is 1. The summed E-state index contributed by atoms with van der Waals surface area (Å²) >= 11 is 1.17. The zero-order chi connectivity index (χ0) is 25.0. The first-order chi connectivity index (χ1) is 16.7. The normalized spacial score (nSPS) is 11.3. The highest BCUT2D eigenvalue weighted by molar-refractivity contribution is 7.99. The molecule has 0 saturated carbocycles. The van der Waals surface area contributed by atoms with E-state index in [1.54, 1.807) is 36.4 Å². The van der Waals surface area contributed by atoms with Gasteiger partial charge in [0.1, 0.15) is 5.75 Å². The topological polar surface area (TPSA) is 111 Å². The molecule has 180 valence electrons. The molecule has 0 aliphatic heterocycles. The number of hydrogen-bond acceptors (Lipinski definition) is 8. The van der Waals surface area contributed by atoms with E-state index in [1.165, 1.54) is 31.0 Å². The van der Waals surface area contributed by atoms with E-state index >= 15 is 0 Å². The van der Waals surface area contributed by atoms with Crippen LogP contribution in [0.4, 0.5) is 5.69 Å². The van der Waals surface area contributed by atoms with Crippen LogP contribution in [-0.2, 0) is 10.0 Å². The molecule has 35 heavy (non-hydrogen) atoms. The second kappa shape index (κ2) is 10.3. The number of carbonyl (C=O) groups is 1. The Balaban J connectivity index is 1.38. The van der Waals surface area contributed by atoms with E-state index in [1.807, 2.05) is 32.0 Å². The fourth-order valence-electron chi connectivity index (χ4n) is 3.16. The predicted molar refractivity (Wildman–Crippen MR) is 135 cm³/mol. The molecule has 0 aliphatic rings. The van der Waals surface area contributed by atoms with Gasteiger partial charge in [0, 0.05) is 16.8 Å². The van der Waals surface area contributed by atoms with Crippen LogP contribution in [-0.4, -0.2) is 37.3 Å². The minimum Gasteiger partial charge on any atom is -0.497 e. The quantitative estimate of drug-likeness (QED) is 0.244. The molecular formula is C25H23N3O5S2. The van der Waals surface area contributed by atoms with Crippen molar-refractivity contribution >= 4 is 33.3 Å². The number of aromatic nitrogens is 2. The van der Waals surface area contributed by atoms with Crippen molar-refractivity contribution in [2.75, 3.05) is 17.6 Å². The molecule has 0 unspecified atom stereocenters. The summed E-state index contributed by atoms with van der Waals surface area (Å²) in [6, 6.07) is 18.3. The van der Waals surface area contributed by atoms with Crippen LogP contribution in [0.5, 0.6) is 5.75 Å². The lowest BCUT2D eigenvalue weighted by Crippen LogP contribution is -2.12. The van der Waals surface area contributed by atoms with Crippen molar-refractivity contribution in [2.45, 2.75) is 24.0 Å². The molecular weight excluding hydrogens is 486 g/mol. The smallest absolute Gasteiger partial charge is 0.277 e. The van der Waals surface area contributed by atoms with Crippen LogP contribution < -0.4 is 9.46 Å². The summed E-state index contributed by atoms with van der Waals surface area (Å²) in [5, 5.41) is 8.31. The van der Waals surface area contributed by atoms with Gasteiger partial charge >= 0.3 is 0 Å². The number of hydrogen-bond donors (Lipinski definition) is 1. The van der Waals surface area contributed by atoms with Gasteiger partial charge in [0.2, 0.25) is 5.89 Å². The molecule has 0 radical (unpaired) electrons. The molecule has 0 amide bonds. The summed E-state index contributed by atoms with van der Waals surface area (Å²) in [6.07, 6.45) is 0. The van der Waals surface area contributed by atoms with E-state index in [9.17, 15) is 13.2 Å². The Morgan fingerprint density at radius 1 is 0.971 bits per heavy atom. The molecule has 0 fully saturated rings. The van der Waals surface area contributed by atoms with Crippen molar-refractivity contribution in [3.8, 4) is 17.2 Å². The molecule has 0 spiro atoms. The molecule has 4 rings (SSSR count). The maximum atomic E-state index is 12.6. The maximum absolute atomic E-state index is 12.6. The van der Waals surface area contributed by atoms with Crippen LogP contribution in [0.25, 0.3) is 11.5 Å². The Labute approximate surface area is 207 Å². The van der Waals surface area contributed by atoms with Crippen LogP contribution in [0.15, 0.2) is 81.3 Å². The van der Waals surface area contributed by atoms with Gasteiger partial charge < -0.3 is 9.15 Å². The Bertz CT molecular complexity index is 1450. The van der Waals surface area contributed by atoms with E-state index < -0.39 is 10.0 Å². The van der Waals surface area contributed by atoms with Crippen LogP contribution in [0, 0.1) is 13.8 Å². The first kappa shape index (κ1) is 24.5. The third kappa shape index (κ3) is 5.90. The lowest BCUT2D eigenvalue weighted by atomic mass is 10.0. The summed E-state index contributed by atoms with van der Waals surface area (Å²) in [7, 11) is -2.23. The number of ketones is 1. The monoisotopic (exact) mass is 509 g/mol. The molecule has 0 atom stereocenters. The van der Waals surface area contributed by atoms with Crippen molar-refractivity contribution < 1.29 is 22.4 Å². The van der Waals surface area contributed by atoms with E-state index in [0.717, 1.165) is 11.1 Å². The van der Waals surface area contributed by atoms with Gasteiger partial charge in [-0.2, -0.15) is 0 Å². The van der Waals surface area contributed by atoms with Crippen LogP contribution in [0.1, 0.15) is 21.5 Å². The summed E-state index contributed by atoms with van der Waals surface area (Å²) < 4.78 is 38.5. The van der Waals surface area contributed by atoms with Crippen molar-refractivity contribution in [3.63, 3.8) is 0 Å². The van der Waals surface area contributed by atoms with Crippen molar-refractivity contribution in [3.05, 3.63) is 83.4 Å². The zero-order valence-electron chi connectivity index (χ0n) is 19.3. The minimum absolute atomic E-state index is 0.0219. The van der Waals surface area contributed by atoms with E-state index in [2.05, 4.69) is 14.9 Å². The van der Waals surface area contributed by atoms with Gasteiger partial charge in [0.05, 0.1) is 17.8 Å². The Kier molecular flexibility index (Phi) is 7.23. The molecule has 1 aromatic heterocycles. The average molecular weight is 510 g/mol. The number of aryl methyl sites for hydroxylation is 2. The highest BCUT2D eigenvalue weighted by atomic mass is 32.2. The molecule has 0 bridgehead atoms. The van der Waals surface area contributed by atoms with Gasteiger partial charge in [-0.25, -0.2) is 8.42 Å². The summed E-state index contributed by atoms with van der Waals surface area (Å²) in [4.78, 5) is 12.6.